The van der Waals surface area contributed by atoms with E-state index in [0.717, 1.165) is 24.3 Å². The molecule has 0 aliphatic rings. The smallest absolute Gasteiger partial charge is 0.402 e. The summed E-state index contributed by atoms with van der Waals surface area (Å²) in [7, 11) is -5.66. The Morgan fingerprint density at radius 1 is 1.28 bits per heavy atom. The molecule has 100 valence electrons. The Balaban J connectivity index is 2.70. The maximum atomic E-state index is 12.7. The normalized spacial score (nSPS) is 12.2. The van der Waals surface area contributed by atoms with Crippen molar-refractivity contribution >= 4 is 16.1 Å². The van der Waals surface area contributed by atoms with Gasteiger partial charge in [-0.25, -0.2) is 9.18 Å². The van der Waals surface area contributed by atoms with Crippen LogP contribution in [-0.2, 0) is 14.9 Å². The minimum atomic E-state index is -5.66. The second-order valence-electron chi connectivity index (χ2n) is 3.20. The molecule has 0 atom stereocenters. The van der Waals surface area contributed by atoms with E-state index in [1.807, 2.05) is 0 Å². The number of esters is 1. The molecule has 0 aliphatic carbocycles. The van der Waals surface area contributed by atoms with E-state index >= 15 is 0 Å². The zero-order valence-electron chi connectivity index (χ0n) is 8.64. The summed E-state index contributed by atoms with van der Waals surface area (Å²) in [5.41, 5.74) is -0.234. The molecule has 5 nitrogen and oxygen atoms in total. The fraction of sp³-hybridized carbons (Fsp3) is 0.222. The van der Waals surface area contributed by atoms with E-state index in [1.165, 1.54) is 0 Å². The van der Waals surface area contributed by atoms with Gasteiger partial charge in [0.15, 0.2) is 6.61 Å². The van der Waals surface area contributed by atoms with Crippen molar-refractivity contribution in [3.63, 3.8) is 0 Å². The summed E-state index contributed by atoms with van der Waals surface area (Å²) in [6.45, 7) is -1.83. The summed E-state index contributed by atoms with van der Waals surface area (Å²) < 4.78 is 70.5. The number of carbonyl (C=O) groups excluding carboxylic acids is 1. The van der Waals surface area contributed by atoms with Crippen LogP contribution in [0, 0.1) is 5.82 Å². The van der Waals surface area contributed by atoms with Gasteiger partial charge in [-0.2, -0.15) is 17.2 Å². The maximum absolute atomic E-state index is 12.7. The molecule has 1 rings (SSSR count). The summed E-state index contributed by atoms with van der Waals surface area (Å²) in [4.78, 5) is 11.2. The summed E-state index contributed by atoms with van der Waals surface area (Å²) >= 11 is 0. The van der Waals surface area contributed by atoms with Gasteiger partial charge in [0, 0.05) is 0 Å². The highest BCUT2D eigenvalue weighted by Crippen LogP contribution is 2.21. The molecule has 0 fully saturated rings. The van der Waals surface area contributed by atoms with Crippen molar-refractivity contribution in [2.75, 3.05) is 6.61 Å². The van der Waals surface area contributed by atoms with Crippen LogP contribution in [-0.4, -0.2) is 30.8 Å². The van der Waals surface area contributed by atoms with Crippen LogP contribution in [0.15, 0.2) is 24.3 Å². The van der Waals surface area contributed by atoms with Gasteiger partial charge in [-0.05, 0) is 24.3 Å². The lowest BCUT2D eigenvalue weighted by atomic mass is 10.2. The molecule has 0 radical (unpaired) electrons. The molecule has 0 saturated heterocycles. The minimum Gasteiger partial charge on any atom is -0.454 e. The Bertz CT molecular complexity index is 538. The minimum absolute atomic E-state index is 0.234. The van der Waals surface area contributed by atoms with Gasteiger partial charge in [-0.1, -0.05) is 0 Å². The maximum Gasteiger partial charge on any atom is 0.402 e. The first-order valence-electron chi connectivity index (χ1n) is 4.41. The zero-order valence-corrected chi connectivity index (χ0v) is 9.46. The summed E-state index contributed by atoms with van der Waals surface area (Å²) in [6, 6.07) is 3.75. The number of hydrogen-bond acceptors (Lipinski definition) is 4. The second-order valence-corrected chi connectivity index (χ2v) is 4.74. The largest absolute Gasteiger partial charge is 0.454 e. The quantitative estimate of drug-likeness (QED) is 0.668. The molecule has 18 heavy (non-hydrogen) atoms. The molecule has 0 heterocycles. The summed E-state index contributed by atoms with van der Waals surface area (Å²) in [5.74, 6) is -1.91. The van der Waals surface area contributed by atoms with E-state index in [-0.39, 0.29) is 5.56 Å². The molecule has 1 aromatic rings. The van der Waals surface area contributed by atoms with Crippen molar-refractivity contribution in [3.05, 3.63) is 35.6 Å². The van der Waals surface area contributed by atoms with Crippen molar-refractivity contribution in [2.45, 2.75) is 5.25 Å². The van der Waals surface area contributed by atoms with Crippen LogP contribution in [0.3, 0.4) is 0 Å². The average Bonchev–Trinajstić information content (AvgIpc) is 2.25. The fourth-order valence-corrected chi connectivity index (χ4v) is 1.10. The Morgan fingerprint density at radius 2 is 1.78 bits per heavy atom. The van der Waals surface area contributed by atoms with E-state index in [9.17, 15) is 26.4 Å². The molecule has 0 unspecified atom stereocenters. The monoisotopic (exact) mass is 284 g/mol. The summed E-state index contributed by atoms with van der Waals surface area (Å²) in [5, 5.41) is -4.59. The molecule has 0 spiro atoms. The highest BCUT2D eigenvalue weighted by Gasteiger charge is 2.45. The SMILES string of the molecule is O=C(OCC(F)(F)S(=O)(=O)O)c1ccc(F)cc1. The highest BCUT2D eigenvalue weighted by atomic mass is 32.2. The topological polar surface area (TPSA) is 80.7 Å². The van der Waals surface area contributed by atoms with Crippen LogP contribution < -0.4 is 0 Å². The van der Waals surface area contributed by atoms with Gasteiger partial charge in [-0.15, -0.1) is 0 Å². The van der Waals surface area contributed by atoms with Crippen LogP contribution in [0.1, 0.15) is 10.4 Å². The first kappa shape index (κ1) is 14.5. The highest BCUT2D eigenvalue weighted by molar-refractivity contribution is 7.86. The second kappa shape index (κ2) is 4.94. The lowest BCUT2D eigenvalue weighted by Gasteiger charge is -2.12. The van der Waals surface area contributed by atoms with Crippen LogP contribution in [0.5, 0.6) is 0 Å². The molecule has 1 N–H and O–H groups in total. The van der Waals surface area contributed by atoms with E-state index in [4.69, 9.17) is 4.55 Å². The third-order valence-electron chi connectivity index (χ3n) is 1.83. The number of rotatable bonds is 4. The van der Waals surface area contributed by atoms with E-state index in [1.54, 1.807) is 0 Å². The third-order valence-corrected chi connectivity index (χ3v) is 2.70. The van der Waals surface area contributed by atoms with Crippen LogP contribution >= 0.6 is 0 Å². The Hall–Kier alpha value is -1.61. The van der Waals surface area contributed by atoms with E-state index in [0.29, 0.717) is 0 Å². The van der Waals surface area contributed by atoms with Crippen molar-refractivity contribution in [2.24, 2.45) is 0 Å². The molecular weight excluding hydrogens is 277 g/mol. The van der Waals surface area contributed by atoms with Gasteiger partial charge < -0.3 is 4.74 Å². The van der Waals surface area contributed by atoms with Gasteiger partial charge in [0.05, 0.1) is 5.56 Å². The molecule has 0 aliphatic heterocycles. The van der Waals surface area contributed by atoms with Gasteiger partial charge in [0.1, 0.15) is 5.82 Å². The van der Waals surface area contributed by atoms with Crippen LogP contribution in [0.4, 0.5) is 13.2 Å². The lowest BCUT2D eigenvalue weighted by molar-refractivity contribution is -0.00950. The van der Waals surface area contributed by atoms with Gasteiger partial charge >= 0.3 is 21.3 Å². The van der Waals surface area contributed by atoms with Gasteiger partial charge in [0.2, 0.25) is 0 Å². The Labute approximate surface area is 99.9 Å². The van der Waals surface area contributed by atoms with Crippen molar-refractivity contribution in [1.29, 1.82) is 0 Å². The lowest BCUT2D eigenvalue weighted by Crippen LogP contribution is -2.34. The zero-order chi connectivity index (χ0) is 14.0. The van der Waals surface area contributed by atoms with Crippen molar-refractivity contribution < 1.29 is 35.7 Å². The molecular formula is C9H7F3O5S. The molecule has 0 saturated carbocycles. The first-order chi connectivity index (χ1) is 8.13. The van der Waals surface area contributed by atoms with Crippen molar-refractivity contribution in [3.8, 4) is 0 Å². The number of halogens is 3. The van der Waals surface area contributed by atoms with E-state index < -0.39 is 33.8 Å². The number of hydrogen-bond donors (Lipinski definition) is 1. The molecule has 9 heteroatoms. The molecule has 1 aromatic carbocycles. The molecule has 0 amide bonds. The van der Waals surface area contributed by atoms with Gasteiger partial charge in [-0.3, -0.25) is 4.55 Å². The Kier molecular flexibility index (Phi) is 3.97. The average molecular weight is 284 g/mol. The number of carbonyl (C=O) groups is 1. The third kappa shape index (κ3) is 3.44. The number of alkyl halides is 2. The van der Waals surface area contributed by atoms with E-state index in [2.05, 4.69) is 4.74 Å². The van der Waals surface area contributed by atoms with Crippen molar-refractivity contribution in [1.82, 2.24) is 0 Å². The number of ether oxygens (including phenoxy) is 1. The predicted molar refractivity (Wildman–Crippen MR) is 53.2 cm³/mol. The predicted octanol–water partition coefficient (Wildman–Crippen LogP) is 1.46. The standard InChI is InChI=1S/C9H7F3O5S/c10-7-3-1-6(2-4-7)8(13)17-5-9(11,12)18(14,15)16/h1-4H,5H2,(H,14,15,16). The van der Waals surface area contributed by atoms with Gasteiger partial charge in [0.25, 0.3) is 0 Å². The summed E-state index contributed by atoms with van der Waals surface area (Å²) in [6.07, 6.45) is 0. The molecule has 0 bridgehead atoms. The number of benzene rings is 1. The van der Waals surface area contributed by atoms with Crippen LogP contribution in [0.2, 0.25) is 0 Å². The molecule has 0 aromatic heterocycles. The Morgan fingerprint density at radius 3 is 2.22 bits per heavy atom. The first-order valence-corrected chi connectivity index (χ1v) is 5.85. The fourth-order valence-electron chi connectivity index (χ4n) is 0.893. The van der Waals surface area contributed by atoms with Crippen LogP contribution in [0.25, 0.3) is 0 Å².